The summed E-state index contributed by atoms with van der Waals surface area (Å²) in [6.45, 7) is 7.74. The molecule has 212 valence electrons. The Hall–Kier alpha value is -2.47. The van der Waals surface area contributed by atoms with Gasteiger partial charge >= 0.3 is 0 Å². The molecule has 2 heterocycles. The van der Waals surface area contributed by atoms with Crippen LogP contribution in [-0.2, 0) is 41.7 Å². The molecule has 3 aliphatic rings. The number of hydrogen-bond acceptors (Lipinski definition) is 7. The van der Waals surface area contributed by atoms with Crippen molar-refractivity contribution in [2.75, 3.05) is 26.3 Å². The van der Waals surface area contributed by atoms with E-state index in [2.05, 4.69) is 5.43 Å². The van der Waals surface area contributed by atoms with Crippen molar-refractivity contribution in [2.24, 2.45) is 0 Å². The summed E-state index contributed by atoms with van der Waals surface area (Å²) in [5.41, 5.74) is 3.79. The van der Waals surface area contributed by atoms with Crippen molar-refractivity contribution < 1.29 is 37.3 Å². The van der Waals surface area contributed by atoms with E-state index in [9.17, 15) is 13.6 Å². The topological polar surface area (TPSA) is 78.5 Å². The molecule has 0 aromatic heterocycles. The summed E-state index contributed by atoms with van der Waals surface area (Å²) in [5.74, 6) is -3.12. The van der Waals surface area contributed by atoms with Crippen LogP contribution in [-0.4, -0.2) is 66.9 Å². The summed E-state index contributed by atoms with van der Waals surface area (Å²) in [6, 6.07) is 11.9. The van der Waals surface area contributed by atoms with Crippen LogP contribution in [0.15, 0.2) is 42.5 Å². The molecule has 0 spiro atoms. The van der Waals surface area contributed by atoms with Crippen LogP contribution in [0.3, 0.4) is 0 Å². The highest BCUT2D eigenvalue weighted by molar-refractivity contribution is 5.85. The molecule has 10 heteroatoms. The molecule has 2 saturated heterocycles. The molecule has 0 unspecified atom stereocenters. The third-order valence-electron chi connectivity index (χ3n) is 7.42. The fraction of sp³-hybridized carbons (Fsp3) is 0.552. The maximum absolute atomic E-state index is 14.4. The first kappa shape index (κ1) is 28.1. The van der Waals surface area contributed by atoms with Crippen molar-refractivity contribution in [1.29, 1.82) is 0 Å². The number of nitrogens with one attached hydrogen (secondary N) is 1. The van der Waals surface area contributed by atoms with Gasteiger partial charge in [-0.2, -0.15) is 0 Å². The average Bonchev–Trinajstić information content (AvgIpc) is 3.22. The van der Waals surface area contributed by atoms with E-state index in [1.165, 1.54) is 12.1 Å². The minimum Gasteiger partial charge on any atom is -0.379 e. The van der Waals surface area contributed by atoms with Crippen LogP contribution in [0.5, 0.6) is 0 Å². The second-order valence-corrected chi connectivity index (χ2v) is 10.9. The summed E-state index contributed by atoms with van der Waals surface area (Å²) in [5, 5.41) is 1.82. The summed E-state index contributed by atoms with van der Waals surface area (Å²) in [4.78, 5) is 14.0. The normalized spacial score (nSPS) is 28.7. The van der Waals surface area contributed by atoms with Gasteiger partial charge in [0.1, 0.15) is 6.10 Å². The Bertz CT molecular complexity index is 1170. The Kier molecular flexibility index (Phi) is 8.32. The first-order valence-corrected chi connectivity index (χ1v) is 13.4. The summed E-state index contributed by atoms with van der Waals surface area (Å²) in [6.07, 6.45) is -1.31. The van der Waals surface area contributed by atoms with E-state index in [0.29, 0.717) is 26.3 Å². The van der Waals surface area contributed by atoms with Crippen LogP contribution in [0.25, 0.3) is 0 Å². The molecular formula is C29H36F2N2O6. The minimum atomic E-state index is -1.32. The van der Waals surface area contributed by atoms with Gasteiger partial charge in [0, 0.05) is 31.5 Å². The highest BCUT2D eigenvalue weighted by Crippen LogP contribution is 2.44. The molecule has 1 saturated carbocycles. The van der Waals surface area contributed by atoms with E-state index < -0.39 is 41.3 Å². The number of fused-ring (bicyclic) bond motifs is 1. The smallest absolute Gasteiger partial charge is 0.266 e. The monoisotopic (exact) mass is 546 g/mol. The quantitative estimate of drug-likeness (QED) is 0.540. The minimum absolute atomic E-state index is 0.0827. The Balaban J connectivity index is 1.42. The van der Waals surface area contributed by atoms with Crippen molar-refractivity contribution in [3.05, 3.63) is 70.8 Å². The average molecular weight is 547 g/mol. The van der Waals surface area contributed by atoms with Gasteiger partial charge in [-0.15, -0.1) is 0 Å². The van der Waals surface area contributed by atoms with Crippen LogP contribution in [0.1, 0.15) is 43.4 Å². The number of hydrazine groups is 1. The summed E-state index contributed by atoms with van der Waals surface area (Å²) >= 11 is 0. The van der Waals surface area contributed by atoms with Gasteiger partial charge in [0.15, 0.2) is 23.0 Å². The first-order valence-electron chi connectivity index (χ1n) is 13.4. The standard InChI is InChI=1S/C29H36F2N2O6/c1-19-6-4-7-20(14-19)17-37-29(27(34)32-33-10-12-35-13-11-33)15-23(26-24(16-29)38-28(2,3)39-26)36-18-21-8-5-9-22(30)25(21)31/h4-9,14,23-24,26H,10-13,15-18H2,1-3H3,(H,32,34)/t23-,24+,26-,29+/m0/s1. The van der Waals surface area contributed by atoms with Crippen molar-refractivity contribution >= 4 is 5.91 Å². The third-order valence-corrected chi connectivity index (χ3v) is 7.42. The Labute approximate surface area is 227 Å². The maximum Gasteiger partial charge on any atom is 0.266 e. The molecule has 2 aromatic rings. The van der Waals surface area contributed by atoms with Crippen LogP contribution in [0.2, 0.25) is 0 Å². The lowest BCUT2D eigenvalue weighted by Gasteiger charge is -2.44. The third kappa shape index (κ3) is 6.48. The number of halogens is 2. The molecule has 3 fully saturated rings. The van der Waals surface area contributed by atoms with Crippen molar-refractivity contribution in [1.82, 2.24) is 10.4 Å². The highest BCUT2D eigenvalue weighted by Gasteiger charge is 2.58. The molecule has 1 amide bonds. The largest absolute Gasteiger partial charge is 0.379 e. The van der Waals surface area contributed by atoms with Crippen LogP contribution in [0, 0.1) is 18.6 Å². The van der Waals surface area contributed by atoms with E-state index in [0.717, 1.165) is 17.2 Å². The zero-order valence-electron chi connectivity index (χ0n) is 22.6. The predicted octanol–water partition coefficient (Wildman–Crippen LogP) is 3.79. The lowest BCUT2D eigenvalue weighted by Crippen LogP contribution is -2.63. The maximum atomic E-state index is 14.4. The summed E-state index contributed by atoms with van der Waals surface area (Å²) in [7, 11) is 0. The second kappa shape index (κ2) is 11.6. The molecule has 1 N–H and O–H groups in total. The lowest BCUT2D eigenvalue weighted by molar-refractivity contribution is -0.187. The first-order chi connectivity index (χ1) is 18.6. The molecule has 8 nitrogen and oxygen atoms in total. The number of carbonyl (C=O) groups excluding carboxylic acids is 1. The predicted molar refractivity (Wildman–Crippen MR) is 137 cm³/mol. The SMILES string of the molecule is Cc1cccc(CO[C@]2(C(=O)NN3CCOCC3)C[C@H](OCc3cccc(F)c3F)[C@@H]3OC(C)(C)O[C@@H]3C2)c1. The van der Waals surface area contributed by atoms with Gasteiger partial charge in [0.05, 0.1) is 38.6 Å². The fourth-order valence-electron chi connectivity index (χ4n) is 5.51. The molecule has 0 radical (unpaired) electrons. The number of nitrogens with zero attached hydrogens (tertiary/aromatic N) is 1. The van der Waals surface area contributed by atoms with Gasteiger partial charge in [-0.05, 0) is 32.4 Å². The Morgan fingerprint density at radius 3 is 2.62 bits per heavy atom. The van der Waals surface area contributed by atoms with Gasteiger partial charge in [0.25, 0.3) is 5.91 Å². The Morgan fingerprint density at radius 2 is 1.85 bits per heavy atom. The molecule has 39 heavy (non-hydrogen) atoms. The molecule has 0 bridgehead atoms. The van der Waals surface area contributed by atoms with Crippen molar-refractivity contribution in [2.45, 2.75) is 76.5 Å². The van der Waals surface area contributed by atoms with Crippen molar-refractivity contribution in [3.8, 4) is 0 Å². The van der Waals surface area contributed by atoms with Crippen LogP contribution >= 0.6 is 0 Å². The fourth-order valence-corrected chi connectivity index (χ4v) is 5.51. The Morgan fingerprint density at radius 1 is 1.08 bits per heavy atom. The lowest BCUT2D eigenvalue weighted by atomic mass is 9.78. The molecule has 5 rings (SSSR count). The number of carbonyl (C=O) groups is 1. The van der Waals surface area contributed by atoms with Crippen LogP contribution in [0.4, 0.5) is 8.78 Å². The van der Waals surface area contributed by atoms with E-state index in [4.69, 9.17) is 23.7 Å². The van der Waals surface area contributed by atoms with Gasteiger partial charge in [0.2, 0.25) is 0 Å². The number of rotatable bonds is 8. The number of amides is 1. The van der Waals surface area contributed by atoms with E-state index in [1.54, 1.807) is 13.8 Å². The second-order valence-electron chi connectivity index (χ2n) is 10.9. The van der Waals surface area contributed by atoms with Gasteiger partial charge in [-0.25, -0.2) is 13.8 Å². The zero-order chi connectivity index (χ0) is 27.6. The number of benzene rings is 2. The number of aryl methyl sites for hydroxylation is 1. The number of ether oxygens (including phenoxy) is 5. The number of morpholine rings is 1. The van der Waals surface area contributed by atoms with E-state index in [1.807, 2.05) is 36.2 Å². The highest BCUT2D eigenvalue weighted by atomic mass is 19.2. The molecular weight excluding hydrogens is 510 g/mol. The van der Waals surface area contributed by atoms with Crippen LogP contribution < -0.4 is 5.43 Å². The van der Waals surface area contributed by atoms with Gasteiger partial charge < -0.3 is 23.7 Å². The van der Waals surface area contributed by atoms with E-state index >= 15 is 0 Å². The molecule has 4 atom stereocenters. The van der Waals surface area contributed by atoms with E-state index in [-0.39, 0.29) is 37.5 Å². The van der Waals surface area contributed by atoms with Gasteiger partial charge in [-0.3, -0.25) is 10.2 Å². The summed E-state index contributed by atoms with van der Waals surface area (Å²) < 4.78 is 58.7. The molecule has 2 aromatic carbocycles. The number of hydrogen-bond donors (Lipinski definition) is 1. The molecule has 1 aliphatic carbocycles. The molecule has 2 aliphatic heterocycles. The van der Waals surface area contributed by atoms with Gasteiger partial charge in [-0.1, -0.05) is 42.0 Å². The zero-order valence-corrected chi connectivity index (χ0v) is 22.6. The van der Waals surface area contributed by atoms with Crippen molar-refractivity contribution in [3.63, 3.8) is 0 Å².